The first-order valence-electron chi connectivity index (χ1n) is 4.18. The Bertz CT molecular complexity index is 352. The van der Waals surface area contributed by atoms with Gasteiger partial charge >= 0.3 is 0 Å². The number of carbonyl (C=O) groups is 1. The van der Waals surface area contributed by atoms with Crippen molar-refractivity contribution in [3.05, 3.63) is 28.0 Å². The summed E-state index contributed by atoms with van der Waals surface area (Å²) in [4.78, 5) is 10.3. The first kappa shape index (κ1) is 11.2. The monoisotopic (exact) mass is 260 g/mol. The molecular formula is C10H10BrFO2. The fraction of sp³-hybridized carbons (Fsp3) is 0.300. The minimum atomic E-state index is -0.666. The average Bonchev–Trinajstić information content (AvgIpc) is 2.13. The molecule has 0 saturated heterocycles. The molecule has 0 fully saturated rings. The summed E-state index contributed by atoms with van der Waals surface area (Å²) in [7, 11) is 0. The van der Waals surface area contributed by atoms with Crippen LogP contribution in [-0.4, -0.2) is 11.4 Å². The normalized spacial score (nSPS) is 12.5. The standard InChI is InChI=1S/C10H10BrFO2/c1-6(4-5-13)9-7(11)2-3-8(12)10(9)14/h2-3,5-6,14H,4H2,1H3. The van der Waals surface area contributed by atoms with Crippen molar-refractivity contribution in [1.82, 2.24) is 0 Å². The largest absolute Gasteiger partial charge is 0.505 e. The van der Waals surface area contributed by atoms with Crippen LogP contribution in [0.1, 0.15) is 24.8 Å². The molecular weight excluding hydrogens is 251 g/mol. The topological polar surface area (TPSA) is 37.3 Å². The first-order chi connectivity index (χ1) is 6.57. The highest BCUT2D eigenvalue weighted by molar-refractivity contribution is 9.10. The molecule has 1 atom stereocenters. The summed E-state index contributed by atoms with van der Waals surface area (Å²) in [6.45, 7) is 1.76. The van der Waals surface area contributed by atoms with E-state index in [1.54, 1.807) is 6.92 Å². The number of hydrogen-bond donors (Lipinski definition) is 1. The number of phenolic OH excluding ortho intramolecular Hbond substituents is 1. The second kappa shape index (κ2) is 4.55. The zero-order valence-corrected chi connectivity index (χ0v) is 9.21. The minimum Gasteiger partial charge on any atom is -0.505 e. The van der Waals surface area contributed by atoms with Gasteiger partial charge in [0.15, 0.2) is 11.6 Å². The molecule has 0 radical (unpaired) electrons. The lowest BCUT2D eigenvalue weighted by atomic mass is 9.97. The van der Waals surface area contributed by atoms with E-state index in [4.69, 9.17) is 0 Å². The van der Waals surface area contributed by atoms with Gasteiger partial charge in [-0.25, -0.2) is 4.39 Å². The van der Waals surface area contributed by atoms with Crippen molar-refractivity contribution in [1.29, 1.82) is 0 Å². The molecule has 0 spiro atoms. The zero-order chi connectivity index (χ0) is 10.7. The Morgan fingerprint density at radius 1 is 1.64 bits per heavy atom. The maximum atomic E-state index is 13.0. The predicted molar refractivity (Wildman–Crippen MR) is 54.9 cm³/mol. The lowest BCUT2D eigenvalue weighted by molar-refractivity contribution is -0.108. The Balaban J connectivity index is 3.17. The number of halogens is 2. The molecule has 14 heavy (non-hydrogen) atoms. The molecule has 0 aromatic heterocycles. The van der Waals surface area contributed by atoms with E-state index < -0.39 is 5.82 Å². The number of aldehydes is 1. The summed E-state index contributed by atoms with van der Waals surface area (Å²) >= 11 is 3.21. The minimum absolute atomic E-state index is 0.197. The van der Waals surface area contributed by atoms with E-state index in [9.17, 15) is 14.3 Å². The Morgan fingerprint density at radius 3 is 2.86 bits per heavy atom. The van der Waals surface area contributed by atoms with Crippen LogP contribution in [0.4, 0.5) is 4.39 Å². The summed E-state index contributed by atoms with van der Waals surface area (Å²) in [5, 5.41) is 9.45. The molecule has 1 aromatic rings. The van der Waals surface area contributed by atoms with Gasteiger partial charge in [0, 0.05) is 16.5 Å². The van der Waals surface area contributed by atoms with Gasteiger partial charge in [-0.05, 0) is 18.1 Å². The Morgan fingerprint density at radius 2 is 2.29 bits per heavy atom. The van der Waals surface area contributed by atoms with Crippen molar-refractivity contribution in [3.63, 3.8) is 0 Å². The second-order valence-electron chi connectivity index (χ2n) is 3.09. The summed E-state index contributed by atoms with van der Waals surface area (Å²) in [5.74, 6) is -1.24. The highest BCUT2D eigenvalue weighted by Gasteiger charge is 2.16. The molecule has 0 aliphatic heterocycles. The van der Waals surface area contributed by atoms with Crippen LogP contribution in [0.5, 0.6) is 5.75 Å². The van der Waals surface area contributed by atoms with Gasteiger partial charge in [0.2, 0.25) is 0 Å². The molecule has 0 saturated carbocycles. The van der Waals surface area contributed by atoms with Crippen LogP contribution >= 0.6 is 15.9 Å². The summed E-state index contributed by atoms with van der Waals surface area (Å²) < 4.78 is 13.6. The van der Waals surface area contributed by atoms with Gasteiger partial charge in [-0.1, -0.05) is 22.9 Å². The lowest BCUT2D eigenvalue weighted by Gasteiger charge is -2.13. The lowest BCUT2D eigenvalue weighted by Crippen LogP contribution is -1.97. The Labute approximate surface area is 89.9 Å². The summed E-state index contributed by atoms with van der Waals surface area (Å²) in [5.41, 5.74) is 0.442. The van der Waals surface area contributed by atoms with Gasteiger partial charge in [-0.3, -0.25) is 0 Å². The average molecular weight is 261 g/mol. The van der Waals surface area contributed by atoms with E-state index in [0.29, 0.717) is 10.0 Å². The molecule has 76 valence electrons. The smallest absolute Gasteiger partial charge is 0.165 e. The number of hydrogen-bond acceptors (Lipinski definition) is 2. The second-order valence-corrected chi connectivity index (χ2v) is 3.95. The maximum Gasteiger partial charge on any atom is 0.165 e. The number of benzene rings is 1. The van der Waals surface area contributed by atoms with E-state index in [-0.39, 0.29) is 18.1 Å². The van der Waals surface area contributed by atoms with Crippen molar-refractivity contribution in [2.24, 2.45) is 0 Å². The van der Waals surface area contributed by atoms with Gasteiger partial charge in [0.1, 0.15) is 6.29 Å². The van der Waals surface area contributed by atoms with Crippen molar-refractivity contribution in [2.75, 3.05) is 0 Å². The van der Waals surface area contributed by atoms with Gasteiger partial charge in [0.25, 0.3) is 0 Å². The maximum absolute atomic E-state index is 13.0. The third kappa shape index (κ3) is 2.12. The fourth-order valence-electron chi connectivity index (χ4n) is 1.29. The van der Waals surface area contributed by atoms with E-state index in [1.807, 2.05) is 0 Å². The SMILES string of the molecule is CC(CC=O)c1c(Br)ccc(F)c1O. The molecule has 0 amide bonds. The van der Waals surface area contributed by atoms with E-state index >= 15 is 0 Å². The Hall–Kier alpha value is -0.900. The van der Waals surface area contributed by atoms with E-state index in [2.05, 4.69) is 15.9 Å². The van der Waals surface area contributed by atoms with Crippen LogP contribution in [-0.2, 0) is 4.79 Å². The molecule has 4 heteroatoms. The van der Waals surface area contributed by atoms with Crippen molar-refractivity contribution in [3.8, 4) is 5.75 Å². The zero-order valence-electron chi connectivity index (χ0n) is 7.63. The summed E-state index contributed by atoms with van der Waals surface area (Å²) in [6.07, 6.45) is 1.01. The van der Waals surface area contributed by atoms with Gasteiger partial charge in [0.05, 0.1) is 0 Å². The van der Waals surface area contributed by atoms with Crippen LogP contribution in [0, 0.1) is 5.82 Å². The number of carbonyl (C=O) groups excluding carboxylic acids is 1. The molecule has 2 nitrogen and oxygen atoms in total. The Kier molecular flexibility index (Phi) is 3.63. The van der Waals surface area contributed by atoms with Crippen LogP contribution in [0.25, 0.3) is 0 Å². The molecule has 0 aliphatic carbocycles. The van der Waals surface area contributed by atoms with Gasteiger partial charge < -0.3 is 9.90 Å². The molecule has 0 heterocycles. The van der Waals surface area contributed by atoms with Gasteiger partial charge in [-0.15, -0.1) is 0 Å². The molecule has 1 aromatic carbocycles. The number of rotatable bonds is 3. The molecule has 1 N–H and O–H groups in total. The van der Waals surface area contributed by atoms with Gasteiger partial charge in [-0.2, -0.15) is 0 Å². The van der Waals surface area contributed by atoms with Crippen LogP contribution in [0.2, 0.25) is 0 Å². The van der Waals surface area contributed by atoms with E-state index in [1.165, 1.54) is 12.1 Å². The van der Waals surface area contributed by atoms with E-state index in [0.717, 1.165) is 6.29 Å². The quantitative estimate of drug-likeness (QED) is 0.849. The summed E-state index contributed by atoms with van der Waals surface area (Å²) in [6, 6.07) is 2.70. The highest BCUT2D eigenvalue weighted by atomic mass is 79.9. The van der Waals surface area contributed by atoms with Crippen LogP contribution < -0.4 is 0 Å². The third-order valence-corrected chi connectivity index (χ3v) is 2.75. The van der Waals surface area contributed by atoms with Crippen molar-refractivity contribution >= 4 is 22.2 Å². The number of phenols is 1. The third-order valence-electron chi connectivity index (χ3n) is 2.06. The molecule has 1 unspecified atom stereocenters. The number of aromatic hydroxyl groups is 1. The highest BCUT2D eigenvalue weighted by Crippen LogP contribution is 2.35. The molecule has 1 rings (SSSR count). The fourth-order valence-corrected chi connectivity index (χ4v) is 2.00. The predicted octanol–water partition coefficient (Wildman–Crippen LogP) is 2.99. The van der Waals surface area contributed by atoms with Crippen molar-refractivity contribution < 1.29 is 14.3 Å². The van der Waals surface area contributed by atoms with Crippen LogP contribution in [0.3, 0.4) is 0 Å². The molecule has 0 aliphatic rings. The van der Waals surface area contributed by atoms with Crippen LogP contribution in [0.15, 0.2) is 16.6 Å². The molecule has 0 bridgehead atoms. The first-order valence-corrected chi connectivity index (χ1v) is 4.97. The van der Waals surface area contributed by atoms with Crippen molar-refractivity contribution in [2.45, 2.75) is 19.3 Å².